The van der Waals surface area contributed by atoms with Crippen LogP contribution in [0.25, 0.3) is 0 Å². The SMILES string of the molecule is O=C(CCn1ccnn1)N1CCN(C(=O)c2cccnc2)CC1. The third kappa shape index (κ3) is 3.71. The summed E-state index contributed by atoms with van der Waals surface area (Å²) in [5, 5.41) is 7.55. The van der Waals surface area contributed by atoms with Crippen molar-refractivity contribution in [2.24, 2.45) is 0 Å². The topological polar surface area (TPSA) is 84.2 Å². The molecule has 2 aromatic heterocycles. The van der Waals surface area contributed by atoms with Gasteiger partial charge in [-0.2, -0.15) is 0 Å². The minimum Gasteiger partial charge on any atom is -0.339 e. The molecule has 1 aliphatic rings. The van der Waals surface area contributed by atoms with Crippen molar-refractivity contribution >= 4 is 11.8 Å². The Bertz CT molecular complexity index is 650. The van der Waals surface area contributed by atoms with Crippen molar-refractivity contribution < 1.29 is 9.59 Å². The molecular weight excluding hydrogens is 296 g/mol. The first-order chi connectivity index (χ1) is 11.2. The number of carbonyl (C=O) groups excluding carboxylic acids is 2. The number of aromatic nitrogens is 4. The molecule has 1 fully saturated rings. The molecule has 0 unspecified atom stereocenters. The molecule has 2 amide bonds. The molecule has 0 spiro atoms. The van der Waals surface area contributed by atoms with E-state index in [0.29, 0.717) is 44.7 Å². The zero-order valence-corrected chi connectivity index (χ0v) is 12.7. The zero-order chi connectivity index (χ0) is 16.1. The Balaban J connectivity index is 1.48. The number of hydrogen-bond donors (Lipinski definition) is 0. The van der Waals surface area contributed by atoms with Gasteiger partial charge in [0, 0.05) is 51.2 Å². The van der Waals surface area contributed by atoms with Crippen molar-refractivity contribution in [2.75, 3.05) is 26.2 Å². The predicted octanol–water partition coefficient (Wildman–Crippen LogP) is 0.0478. The van der Waals surface area contributed by atoms with Crippen LogP contribution in [0.15, 0.2) is 36.9 Å². The van der Waals surface area contributed by atoms with E-state index < -0.39 is 0 Å². The van der Waals surface area contributed by atoms with E-state index in [-0.39, 0.29) is 11.8 Å². The van der Waals surface area contributed by atoms with Crippen LogP contribution in [0.4, 0.5) is 0 Å². The fourth-order valence-corrected chi connectivity index (χ4v) is 2.55. The maximum absolute atomic E-state index is 12.3. The summed E-state index contributed by atoms with van der Waals surface area (Å²) < 4.78 is 1.64. The van der Waals surface area contributed by atoms with Gasteiger partial charge in [0.1, 0.15) is 0 Å². The van der Waals surface area contributed by atoms with E-state index in [1.165, 1.54) is 0 Å². The molecule has 3 rings (SSSR count). The Morgan fingerprint density at radius 2 is 1.87 bits per heavy atom. The average Bonchev–Trinajstić information content (AvgIpc) is 3.13. The minimum atomic E-state index is -0.0344. The molecule has 0 atom stereocenters. The summed E-state index contributed by atoms with van der Waals surface area (Å²) in [6.07, 6.45) is 6.92. The van der Waals surface area contributed by atoms with Crippen molar-refractivity contribution in [2.45, 2.75) is 13.0 Å². The Labute approximate surface area is 133 Å². The number of pyridine rings is 1. The van der Waals surface area contributed by atoms with Crippen molar-refractivity contribution in [3.05, 3.63) is 42.5 Å². The Kier molecular flexibility index (Phi) is 4.60. The number of aryl methyl sites for hydroxylation is 1. The molecule has 1 aliphatic heterocycles. The molecule has 0 radical (unpaired) electrons. The lowest BCUT2D eigenvalue weighted by Gasteiger charge is -2.34. The standard InChI is InChI=1S/C15H18N6O2/c22-14(3-6-21-7-5-17-18-21)19-8-10-20(11-9-19)15(23)13-2-1-4-16-12-13/h1-2,4-5,7,12H,3,6,8-11H2. The van der Waals surface area contributed by atoms with Crippen LogP contribution in [0.1, 0.15) is 16.8 Å². The van der Waals surface area contributed by atoms with Gasteiger partial charge >= 0.3 is 0 Å². The summed E-state index contributed by atoms with van der Waals surface area (Å²) >= 11 is 0. The van der Waals surface area contributed by atoms with Crippen molar-refractivity contribution in [1.29, 1.82) is 0 Å². The van der Waals surface area contributed by atoms with Gasteiger partial charge in [-0.05, 0) is 12.1 Å². The van der Waals surface area contributed by atoms with Gasteiger partial charge in [0.05, 0.1) is 18.3 Å². The molecule has 0 aromatic carbocycles. The number of piperazine rings is 1. The van der Waals surface area contributed by atoms with Crippen LogP contribution in [0, 0.1) is 0 Å². The first-order valence-electron chi connectivity index (χ1n) is 7.55. The van der Waals surface area contributed by atoms with Gasteiger partial charge in [-0.25, -0.2) is 0 Å². The minimum absolute atomic E-state index is 0.0344. The van der Waals surface area contributed by atoms with Crippen LogP contribution in [0.3, 0.4) is 0 Å². The maximum Gasteiger partial charge on any atom is 0.255 e. The third-order valence-electron chi connectivity index (χ3n) is 3.85. The number of hydrogen-bond acceptors (Lipinski definition) is 5. The first-order valence-corrected chi connectivity index (χ1v) is 7.55. The van der Waals surface area contributed by atoms with Crippen LogP contribution in [0.5, 0.6) is 0 Å². The smallest absolute Gasteiger partial charge is 0.255 e. The van der Waals surface area contributed by atoms with E-state index >= 15 is 0 Å². The van der Waals surface area contributed by atoms with Gasteiger partial charge < -0.3 is 9.80 Å². The molecule has 8 heteroatoms. The highest BCUT2D eigenvalue weighted by Gasteiger charge is 2.24. The van der Waals surface area contributed by atoms with Crippen molar-refractivity contribution in [1.82, 2.24) is 29.8 Å². The van der Waals surface area contributed by atoms with E-state index in [2.05, 4.69) is 15.3 Å². The van der Waals surface area contributed by atoms with Crippen molar-refractivity contribution in [3.8, 4) is 0 Å². The van der Waals surface area contributed by atoms with E-state index in [1.807, 2.05) is 0 Å². The number of nitrogens with zero attached hydrogens (tertiary/aromatic N) is 6. The Morgan fingerprint density at radius 3 is 2.52 bits per heavy atom. The van der Waals surface area contributed by atoms with E-state index in [0.717, 1.165) is 0 Å². The molecule has 0 aliphatic carbocycles. The van der Waals surface area contributed by atoms with E-state index in [1.54, 1.807) is 51.4 Å². The van der Waals surface area contributed by atoms with Gasteiger partial charge in [-0.15, -0.1) is 5.10 Å². The van der Waals surface area contributed by atoms with Gasteiger partial charge in [-0.1, -0.05) is 5.21 Å². The molecule has 1 saturated heterocycles. The van der Waals surface area contributed by atoms with Crippen LogP contribution < -0.4 is 0 Å². The molecule has 0 N–H and O–H groups in total. The molecule has 23 heavy (non-hydrogen) atoms. The number of rotatable bonds is 4. The first kappa shape index (κ1) is 15.1. The van der Waals surface area contributed by atoms with Crippen molar-refractivity contribution in [3.63, 3.8) is 0 Å². The van der Waals surface area contributed by atoms with Gasteiger partial charge in [-0.3, -0.25) is 19.3 Å². The quantitative estimate of drug-likeness (QED) is 0.796. The largest absolute Gasteiger partial charge is 0.339 e. The summed E-state index contributed by atoms with van der Waals surface area (Å²) in [7, 11) is 0. The second-order valence-electron chi connectivity index (χ2n) is 5.33. The number of amides is 2. The van der Waals surface area contributed by atoms with Gasteiger partial charge in [0.2, 0.25) is 5.91 Å². The number of carbonyl (C=O) groups is 2. The fraction of sp³-hybridized carbons (Fsp3) is 0.400. The molecule has 8 nitrogen and oxygen atoms in total. The third-order valence-corrected chi connectivity index (χ3v) is 3.85. The Morgan fingerprint density at radius 1 is 1.09 bits per heavy atom. The lowest BCUT2D eigenvalue weighted by Crippen LogP contribution is -2.50. The maximum atomic E-state index is 12.3. The Hall–Kier alpha value is -2.77. The van der Waals surface area contributed by atoms with Gasteiger partial charge in [0.25, 0.3) is 5.91 Å². The molecule has 3 heterocycles. The normalized spacial score (nSPS) is 14.8. The highest BCUT2D eigenvalue weighted by atomic mass is 16.2. The van der Waals surface area contributed by atoms with E-state index in [9.17, 15) is 9.59 Å². The summed E-state index contributed by atoms with van der Waals surface area (Å²) in [4.78, 5) is 32.0. The van der Waals surface area contributed by atoms with Crippen LogP contribution in [0.2, 0.25) is 0 Å². The predicted molar refractivity (Wildman–Crippen MR) is 81.4 cm³/mol. The fourth-order valence-electron chi connectivity index (χ4n) is 2.55. The molecule has 0 saturated carbocycles. The molecular formula is C15H18N6O2. The monoisotopic (exact) mass is 314 g/mol. The highest BCUT2D eigenvalue weighted by molar-refractivity contribution is 5.94. The van der Waals surface area contributed by atoms with Crippen LogP contribution >= 0.6 is 0 Å². The zero-order valence-electron chi connectivity index (χ0n) is 12.7. The van der Waals surface area contributed by atoms with Crippen LogP contribution in [-0.2, 0) is 11.3 Å². The molecule has 0 bridgehead atoms. The lowest BCUT2D eigenvalue weighted by atomic mass is 10.2. The van der Waals surface area contributed by atoms with Crippen LogP contribution in [-0.4, -0.2) is 67.8 Å². The van der Waals surface area contributed by atoms with E-state index in [4.69, 9.17) is 0 Å². The summed E-state index contributed by atoms with van der Waals surface area (Å²) in [6, 6.07) is 3.50. The average molecular weight is 314 g/mol. The summed E-state index contributed by atoms with van der Waals surface area (Å²) in [5.41, 5.74) is 0.582. The molecule has 120 valence electrons. The second-order valence-corrected chi connectivity index (χ2v) is 5.33. The molecule has 2 aromatic rings. The van der Waals surface area contributed by atoms with Gasteiger partial charge in [0.15, 0.2) is 0 Å². The summed E-state index contributed by atoms with van der Waals surface area (Å²) in [5.74, 6) is 0.0433. The highest BCUT2D eigenvalue weighted by Crippen LogP contribution is 2.09. The second kappa shape index (κ2) is 6.99. The lowest BCUT2D eigenvalue weighted by molar-refractivity contribution is -0.132. The summed E-state index contributed by atoms with van der Waals surface area (Å²) in [6.45, 7) is 2.73.